The van der Waals surface area contributed by atoms with E-state index in [-0.39, 0.29) is 17.9 Å². The highest BCUT2D eigenvalue weighted by Crippen LogP contribution is 2.24. The predicted molar refractivity (Wildman–Crippen MR) is 72.4 cm³/mol. The number of methoxy groups -OCH3 is 1. The average Bonchev–Trinajstić information content (AvgIpc) is 2.38. The van der Waals surface area contributed by atoms with Gasteiger partial charge in [-0.2, -0.15) is 0 Å². The van der Waals surface area contributed by atoms with Gasteiger partial charge in [0.25, 0.3) is 0 Å². The van der Waals surface area contributed by atoms with Gasteiger partial charge in [-0.15, -0.1) is 0 Å². The normalized spacial score (nSPS) is 13.8. The Morgan fingerprint density at radius 3 is 2.67 bits per heavy atom. The zero-order valence-electron chi connectivity index (χ0n) is 11.3. The topological polar surface area (TPSA) is 64.3 Å². The minimum absolute atomic E-state index is 0.0267. The van der Waals surface area contributed by atoms with Crippen molar-refractivity contribution in [3.63, 3.8) is 0 Å². The minimum Gasteiger partial charge on any atom is -0.496 e. The van der Waals surface area contributed by atoms with Crippen LogP contribution < -0.4 is 15.8 Å². The lowest BCUT2D eigenvalue weighted by Crippen LogP contribution is -2.32. The van der Waals surface area contributed by atoms with Gasteiger partial charge in [0.05, 0.1) is 13.2 Å². The van der Waals surface area contributed by atoms with Crippen molar-refractivity contribution in [1.29, 1.82) is 0 Å². The van der Waals surface area contributed by atoms with Crippen molar-refractivity contribution in [1.82, 2.24) is 5.32 Å². The molecule has 100 valence electrons. The van der Waals surface area contributed by atoms with Crippen molar-refractivity contribution in [2.24, 2.45) is 11.7 Å². The van der Waals surface area contributed by atoms with E-state index < -0.39 is 0 Å². The molecule has 4 nitrogen and oxygen atoms in total. The van der Waals surface area contributed by atoms with Crippen molar-refractivity contribution in [3.8, 4) is 5.75 Å². The molecule has 0 heterocycles. The van der Waals surface area contributed by atoms with Gasteiger partial charge in [-0.3, -0.25) is 4.79 Å². The first-order valence-electron chi connectivity index (χ1n) is 6.23. The molecule has 0 saturated carbocycles. The first-order valence-corrected chi connectivity index (χ1v) is 6.23. The van der Waals surface area contributed by atoms with E-state index in [1.54, 1.807) is 7.11 Å². The number of rotatable bonds is 6. The third-order valence-electron chi connectivity index (χ3n) is 3.01. The fourth-order valence-electron chi connectivity index (χ4n) is 1.84. The van der Waals surface area contributed by atoms with Gasteiger partial charge in [0.15, 0.2) is 0 Å². The molecule has 0 radical (unpaired) electrons. The van der Waals surface area contributed by atoms with Crippen molar-refractivity contribution < 1.29 is 9.53 Å². The largest absolute Gasteiger partial charge is 0.496 e. The van der Waals surface area contributed by atoms with Crippen LogP contribution in [0.1, 0.15) is 31.9 Å². The second kappa shape index (κ2) is 7.01. The molecule has 0 aliphatic carbocycles. The maximum atomic E-state index is 11.9. The van der Waals surface area contributed by atoms with Crippen LogP contribution in [0, 0.1) is 5.92 Å². The number of nitrogens with one attached hydrogen (secondary N) is 1. The van der Waals surface area contributed by atoms with Crippen LogP contribution in [-0.2, 0) is 4.79 Å². The molecule has 0 aromatic heterocycles. The van der Waals surface area contributed by atoms with E-state index in [0.29, 0.717) is 13.0 Å². The quantitative estimate of drug-likeness (QED) is 0.810. The zero-order chi connectivity index (χ0) is 13.5. The monoisotopic (exact) mass is 250 g/mol. The minimum atomic E-state index is -0.0751. The van der Waals surface area contributed by atoms with E-state index in [9.17, 15) is 4.79 Å². The molecule has 1 amide bonds. The summed E-state index contributed by atoms with van der Waals surface area (Å²) in [4.78, 5) is 11.9. The fraction of sp³-hybridized carbons (Fsp3) is 0.500. The highest BCUT2D eigenvalue weighted by Gasteiger charge is 2.17. The molecule has 1 rings (SSSR count). The second-order valence-electron chi connectivity index (χ2n) is 4.45. The third kappa shape index (κ3) is 3.74. The van der Waals surface area contributed by atoms with Crippen LogP contribution in [0.4, 0.5) is 0 Å². The number of carbonyl (C=O) groups is 1. The van der Waals surface area contributed by atoms with E-state index in [1.807, 2.05) is 38.1 Å². The summed E-state index contributed by atoms with van der Waals surface area (Å²) in [5.74, 6) is 0.753. The number of hydrogen-bond donors (Lipinski definition) is 2. The molecule has 2 atom stereocenters. The Bertz CT molecular complexity index is 393. The summed E-state index contributed by atoms with van der Waals surface area (Å²) in [6, 6.07) is 7.62. The maximum absolute atomic E-state index is 11.9. The van der Waals surface area contributed by atoms with Gasteiger partial charge in [-0.25, -0.2) is 0 Å². The van der Waals surface area contributed by atoms with Gasteiger partial charge in [0.2, 0.25) is 5.91 Å². The zero-order valence-corrected chi connectivity index (χ0v) is 11.3. The van der Waals surface area contributed by atoms with E-state index in [0.717, 1.165) is 11.3 Å². The highest BCUT2D eigenvalue weighted by molar-refractivity contribution is 5.78. The summed E-state index contributed by atoms with van der Waals surface area (Å²) in [5, 5.41) is 2.98. The number of amides is 1. The van der Waals surface area contributed by atoms with Gasteiger partial charge >= 0.3 is 0 Å². The maximum Gasteiger partial charge on any atom is 0.223 e. The van der Waals surface area contributed by atoms with Crippen LogP contribution in [0.15, 0.2) is 24.3 Å². The fourth-order valence-corrected chi connectivity index (χ4v) is 1.84. The molecular weight excluding hydrogens is 228 g/mol. The molecule has 4 heteroatoms. The Hall–Kier alpha value is -1.55. The summed E-state index contributed by atoms with van der Waals surface area (Å²) < 4.78 is 5.28. The van der Waals surface area contributed by atoms with Gasteiger partial charge in [0, 0.05) is 11.5 Å². The number of hydrogen-bond acceptors (Lipinski definition) is 3. The Morgan fingerprint density at radius 1 is 1.39 bits per heavy atom. The number of nitrogens with two attached hydrogens (primary N) is 1. The summed E-state index contributed by atoms with van der Waals surface area (Å²) in [7, 11) is 1.63. The predicted octanol–water partition coefficient (Wildman–Crippen LogP) is 1.86. The summed E-state index contributed by atoms with van der Waals surface area (Å²) in [5.41, 5.74) is 6.43. The molecule has 0 aliphatic rings. The van der Waals surface area contributed by atoms with Crippen LogP contribution in [0.5, 0.6) is 5.75 Å². The molecule has 0 fully saturated rings. The van der Waals surface area contributed by atoms with Crippen LogP contribution in [-0.4, -0.2) is 19.6 Å². The summed E-state index contributed by atoms with van der Waals surface area (Å²) in [6.45, 7) is 4.36. The molecule has 0 spiro atoms. The van der Waals surface area contributed by atoms with Crippen molar-refractivity contribution >= 4 is 5.91 Å². The third-order valence-corrected chi connectivity index (χ3v) is 3.01. The van der Waals surface area contributed by atoms with E-state index in [2.05, 4.69) is 5.32 Å². The Labute approximate surface area is 109 Å². The van der Waals surface area contributed by atoms with Crippen LogP contribution >= 0.6 is 0 Å². The molecule has 0 aliphatic heterocycles. The molecule has 1 aromatic rings. The smallest absolute Gasteiger partial charge is 0.223 e. The molecule has 18 heavy (non-hydrogen) atoms. The summed E-state index contributed by atoms with van der Waals surface area (Å²) >= 11 is 0. The summed E-state index contributed by atoms with van der Waals surface area (Å²) in [6.07, 6.45) is 0.699. The Kier molecular flexibility index (Phi) is 5.65. The first-order chi connectivity index (χ1) is 8.60. The molecular formula is C14H22N2O2. The first kappa shape index (κ1) is 14.5. The van der Waals surface area contributed by atoms with E-state index in [4.69, 9.17) is 10.5 Å². The standard InChI is InChI=1S/C14H22N2O2/c1-10(8-9-15)14(17)16-11(2)12-6-4-5-7-13(12)18-3/h4-7,10-11H,8-9,15H2,1-3H3,(H,16,17). The number of carbonyl (C=O) groups excluding carboxylic acids is 1. The van der Waals surface area contributed by atoms with Crippen molar-refractivity contribution in [2.45, 2.75) is 26.3 Å². The molecule has 3 N–H and O–H groups in total. The van der Waals surface area contributed by atoms with Crippen LogP contribution in [0.3, 0.4) is 0 Å². The van der Waals surface area contributed by atoms with Crippen LogP contribution in [0.25, 0.3) is 0 Å². The lowest BCUT2D eigenvalue weighted by molar-refractivity contribution is -0.125. The van der Waals surface area contributed by atoms with Gasteiger partial charge in [-0.1, -0.05) is 25.1 Å². The van der Waals surface area contributed by atoms with Gasteiger partial charge in [-0.05, 0) is 26.0 Å². The molecule has 2 unspecified atom stereocenters. The second-order valence-corrected chi connectivity index (χ2v) is 4.45. The van der Waals surface area contributed by atoms with Crippen molar-refractivity contribution in [2.75, 3.05) is 13.7 Å². The average molecular weight is 250 g/mol. The van der Waals surface area contributed by atoms with Gasteiger partial charge < -0.3 is 15.8 Å². The molecule has 0 saturated heterocycles. The number of para-hydroxylation sites is 1. The molecule has 0 bridgehead atoms. The Morgan fingerprint density at radius 2 is 2.06 bits per heavy atom. The number of ether oxygens (including phenoxy) is 1. The van der Waals surface area contributed by atoms with Crippen LogP contribution in [0.2, 0.25) is 0 Å². The van der Waals surface area contributed by atoms with Gasteiger partial charge in [0.1, 0.15) is 5.75 Å². The van der Waals surface area contributed by atoms with E-state index >= 15 is 0 Å². The Balaban J connectivity index is 2.70. The molecule has 1 aromatic carbocycles. The lowest BCUT2D eigenvalue weighted by atomic mass is 10.0. The number of benzene rings is 1. The SMILES string of the molecule is COc1ccccc1C(C)NC(=O)C(C)CCN. The van der Waals surface area contributed by atoms with E-state index in [1.165, 1.54) is 0 Å². The van der Waals surface area contributed by atoms with Crippen molar-refractivity contribution in [3.05, 3.63) is 29.8 Å². The highest BCUT2D eigenvalue weighted by atomic mass is 16.5. The lowest BCUT2D eigenvalue weighted by Gasteiger charge is -2.19.